The first kappa shape index (κ1) is 12.1. The fraction of sp³-hybridized carbons (Fsp3) is 0.200. The Labute approximate surface area is 107 Å². The van der Waals surface area contributed by atoms with Gasteiger partial charge in [-0.2, -0.15) is 0 Å². The lowest BCUT2D eigenvalue weighted by Crippen LogP contribution is -1.91. The molecule has 0 aromatic heterocycles. The Bertz CT molecular complexity index is 500. The molecular formula is C15H17NS. The number of hydrogen-bond acceptors (Lipinski definition) is 2. The van der Waals surface area contributed by atoms with Gasteiger partial charge in [0, 0.05) is 16.3 Å². The summed E-state index contributed by atoms with van der Waals surface area (Å²) in [6.07, 6.45) is 0. The van der Waals surface area contributed by atoms with E-state index in [0.29, 0.717) is 0 Å². The van der Waals surface area contributed by atoms with E-state index in [1.54, 1.807) is 0 Å². The molecule has 2 aromatic rings. The fourth-order valence-electron chi connectivity index (χ4n) is 1.83. The van der Waals surface area contributed by atoms with Gasteiger partial charge in [0.25, 0.3) is 0 Å². The molecule has 88 valence electrons. The number of nitrogen functional groups attached to an aromatic ring is 1. The number of anilines is 1. The largest absolute Gasteiger partial charge is 0.398 e. The van der Waals surface area contributed by atoms with Gasteiger partial charge in [-0.05, 0) is 31.0 Å². The number of nitrogens with two attached hydrogens (primary N) is 1. The second-order valence-electron chi connectivity index (χ2n) is 4.27. The van der Waals surface area contributed by atoms with Crippen molar-refractivity contribution in [3.05, 3.63) is 59.2 Å². The maximum atomic E-state index is 5.99. The summed E-state index contributed by atoms with van der Waals surface area (Å²) in [5.41, 5.74) is 10.8. The molecule has 1 nitrogen and oxygen atoms in total. The Morgan fingerprint density at radius 1 is 1.06 bits per heavy atom. The van der Waals surface area contributed by atoms with Crippen LogP contribution in [0.1, 0.15) is 16.7 Å². The molecule has 0 unspecified atom stereocenters. The molecule has 0 atom stereocenters. The monoisotopic (exact) mass is 243 g/mol. The lowest BCUT2D eigenvalue weighted by atomic mass is 10.2. The van der Waals surface area contributed by atoms with Crippen molar-refractivity contribution in [3.63, 3.8) is 0 Å². The minimum absolute atomic E-state index is 0.877. The third-order valence-electron chi connectivity index (χ3n) is 2.71. The molecule has 0 saturated carbocycles. The van der Waals surface area contributed by atoms with Gasteiger partial charge in [-0.1, -0.05) is 42.0 Å². The zero-order valence-corrected chi connectivity index (χ0v) is 11.1. The van der Waals surface area contributed by atoms with E-state index in [0.717, 1.165) is 11.4 Å². The van der Waals surface area contributed by atoms with Crippen LogP contribution in [0.15, 0.2) is 47.4 Å². The van der Waals surface area contributed by atoms with Crippen molar-refractivity contribution in [1.29, 1.82) is 0 Å². The molecule has 17 heavy (non-hydrogen) atoms. The Kier molecular flexibility index (Phi) is 3.75. The number of hydrogen-bond donors (Lipinski definition) is 1. The molecule has 0 fully saturated rings. The van der Waals surface area contributed by atoms with E-state index in [2.05, 4.69) is 44.2 Å². The van der Waals surface area contributed by atoms with E-state index >= 15 is 0 Å². The highest BCUT2D eigenvalue weighted by molar-refractivity contribution is 7.98. The summed E-state index contributed by atoms with van der Waals surface area (Å²) in [6.45, 7) is 4.23. The topological polar surface area (TPSA) is 26.0 Å². The van der Waals surface area contributed by atoms with Gasteiger partial charge >= 0.3 is 0 Å². The van der Waals surface area contributed by atoms with E-state index in [9.17, 15) is 0 Å². The van der Waals surface area contributed by atoms with Gasteiger partial charge in [-0.3, -0.25) is 0 Å². The predicted octanol–water partition coefficient (Wildman–Crippen LogP) is 4.18. The van der Waals surface area contributed by atoms with Gasteiger partial charge in [0.05, 0.1) is 0 Å². The summed E-state index contributed by atoms with van der Waals surface area (Å²) in [5.74, 6) is 0.969. The average Bonchev–Trinajstić information content (AvgIpc) is 2.28. The molecule has 2 rings (SSSR count). The van der Waals surface area contributed by atoms with Crippen LogP contribution in [0.4, 0.5) is 5.69 Å². The molecule has 0 spiro atoms. The van der Waals surface area contributed by atoms with Crippen LogP contribution in [0.5, 0.6) is 0 Å². The van der Waals surface area contributed by atoms with E-state index in [4.69, 9.17) is 5.73 Å². The molecule has 0 aliphatic carbocycles. The first-order valence-electron chi connectivity index (χ1n) is 5.70. The maximum absolute atomic E-state index is 5.99. The predicted molar refractivity (Wildman–Crippen MR) is 76.3 cm³/mol. The van der Waals surface area contributed by atoms with Crippen molar-refractivity contribution in [3.8, 4) is 0 Å². The highest BCUT2D eigenvalue weighted by atomic mass is 32.2. The smallest absolute Gasteiger partial charge is 0.0455 e. The van der Waals surface area contributed by atoms with Crippen LogP contribution in [0.3, 0.4) is 0 Å². The van der Waals surface area contributed by atoms with Gasteiger partial charge in [-0.15, -0.1) is 11.8 Å². The van der Waals surface area contributed by atoms with Gasteiger partial charge in [-0.25, -0.2) is 0 Å². The van der Waals surface area contributed by atoms with Crippen LogP contribution in [-0.2, 0) is 5.75 Å². The second kappa shape index (κ2) is 5.28. The summed E-state index contributed by atoms with van der Waals surface area (Å²) in [6, 6.07) is 14.7. The zero-order chi connectivity index (χ0) is 12.3. The first-order chi connectivity index (χ1) is 8.16. The standard InChI is InChI=1S/C15H17NS/c1-11-5-3-7-13(9-11)10-17-15-12(2)6-4-8-14(15)16/h3-9H,10,16H2,1-2H3. The average molecular weight is 243 g/mol. The lowest BCUT2D eigenvalue weighted by Gasteiger charge is -2.09. The Hall–Kier alpha value is -1.41. The van der Waals surface area contributed by atoms with Gasteiger partial charge in [0.1, 0.15) is 0 Å². The second-order valence-corrected chi connectivity index (χ2v) is 5.26. The summed E-state index contributed by atoms with van der Waals surface area (Å²) in [5, 5.41) is 0. The number of thioether (sulfide) groups is 1. The molecule has 0 saturated heterocycles. The Morgan fingerprint density at radius 3 is 2.53 bits per heavy atom. The van der Waals surface area contributed by atoms with E-state index in [-0.39, 0.29) is 0 Å². The molecule has 0 amide bonds. The third-order valence-corrected chi connectivity index (χ3v) is 4.03. The molecule has 0 heterocycles. The highest BCUT2D eigenvalue weighted by Gasteiger charge is 2.03. The van der Waals surface area contributed by atoms with Crippen molar-refractivity contribution >= 4 is 17.4 Å². The first-order valence-corrected chi connectivity index (χ1v) is 6.69. The van der Waals surface area contributed by atoms with Crippen LogP contribution in [0, 0.1) is 13.8 Å². The molecule has 0 aliphatic rings. The number of benzene rings is 2. The number of aryl methyl sites for hydroxylation is 2. The van der Waals surface area contributed by atoms with Crippen LogP contribution >= 0.6 is 11.8 Å². The highest BCUT2D eigenvalue weighted by Crippen LogP contribution is 2.31. The molecule has 2 heteroatoms. The van der Waals surface area contributed by atoms with Crippen LogP contribution in [0.2, 0.25) is 0 Å². The van der Waals surface area contributed by atoms with Gasteiger partial charge in [0.2, 0.25) is 0 Å². The van der Waals surface area contributed by atoms with Crippen LogP contribution in [-0.4, -0.2) is 0 Å². The minimum Gasteiger partial charge on any atom is -0.398 e. The van der Waals surface area contributed by atoms with Crippen LogP contribution in [0.25, 0.3) is 0 Å². The van der Waals surface area contributed by atoms with E-state index < -0.39 is 0 Å². The third kappa shape index (κ3) is 3.04. The molecule has 2 N–H and O–H groups in total. The SMILES string of the molecule is Cc1cccc(CSc2c(C)cccc2N)c1. The summed E-state index contributed by atoms with van der Waals surface area (Å²) in [7, 11) is 0. The summed E-state index contributed by atoms with van der Waals surface area (Å²) in [4.78, 5) is 1.20. The molecular weight excluding hydrogens is 226 g/mol. The zero-order valence-electron chi connectivity index (χ0n) is 10.2. The van der Waals surface area contributed by atoms with E-state index in [1.165, 1.54) is 21.6 Å². The quantitative estimate of drug-likeness (QED) is 0.646. The molecule has 2 aromatic carbocycles. The van der Waals surface area contributed by atoms with Gasteiger partial charge in [0.15, 0.2) is 0 Å². The van der Waals surface area contributed by atoms with Crippen molar-refractivity contribution in [2.75, 3.05) is 5.73 Å². The molecule has 0 aliphatic heterocycles. The molecule has 0 bridgehead atoms. The van der Waals surface area contributed by atoms with Crippen molar-refractivity contribution in [2.45, 2.75) is 24.5 Å². The Balaban J connectivity index is 2.13. The minimum atomic E-state index is 0.877. The van der Waals surface area contributed by atoms with Crippen molar-refractivity contribution in [2.24, 2.45) is 0 Å². The Morgan fingerprint density at radius 2 is 1.82 bits per heavy atom. The maximum Gasteiger partial charge on any atom is 0.0455 e. The van der Waals surface area contributed by atoms with Gasteiger partial charge < -0.3 is 5.73 Å². The van der Waals surface area contributed by atoms with Crippen molar-refractivity contribution in [1.82, 2.24) is 0 Å². The lowest BCUT2D eigenvalue weighted by molar-refractivity contribution is 1.29. The number of rotatable bonds is 3. The normalized spacial score (nSPS) is 10.5. The van der Waals surface area contributed by atoms with Crippen molar-refractivity contribution < 1.29 is 0 Å². The molecule has 0 radical (unpaired) electrons. The van der Waals surface area contributed by atoms with Crippen LogP contribution < -0.4 is 5.73 Å². The summed E-state index contributed by atoms with van der Waals surface area (Å²) < 4.78 is 0. The fourth-order valence-corrected chi connectivity index (χ4v) is 2.85. The van der Waals surface area contributed by atoms with E-state index in [1.807, 2.05) is 23.9 Å². The summed E-state index contributed by atoms with van der Waals surface area (Å²) >= 11 is 1.81.